The van der Waals surface area contributed by atoms with E-state index in [-0.39, 0.29) is 0 Å². The van der Waals surface area contributed by atoms with Crippen LogP contribution in [0, 0.1) is 6.92 Å². The summed E-state index contributed by atoms with van der Waals surface area (Å²) in [4.78, 5) is 13.4. The van der Waals surface area contributed by atoms with Crippen LogP contribution >= 0.6 is 11.6 Å². The second-order valence-electron chi connectivity index (χ2n) is 8.54. The van der Waals surface area contributed by atoms with Gasteiger partial charge in [-0.05, 0) is 65.8 Å². The SMILES string of the molecule is Cc1c(/C=C/c2ccc(CN3CCCC(O)C3C(=O)O)cc2Cl)cccc1-c1ccccc1. The highest BCUT2D eigenvalue weighted by Gasteiger charge is 2.35. The van der Waals surface area contributed by atoms with Gasteiger partial charge in [-0.25, -0.2) is 0 Å². The molecule has 0 amide bonds. The Hall–Kier alpha value is -2.92. The number of nitrogens with zero attached hydrogens (tertiary/aromatic N) is 1. The Morgan fingerprint density at radius 3 is 2.55 bits per heavy atom. The van der Waals surface area contributed by atoms with Crippen molar-refractivity contribution in [3.8, 4) is 11.1 Å². The van der Waals surface area contributed by atoms with Crippen LogP contribution in [0.15, 0.2) is 66.7 Å². The van der Waals surface area contributed by atoms with Gasteiger partial charge in [0.25, 0.3) is 0 Å². The monoisotopic (exact) mass is 461 g/mol. The number of hydrogen-bond donors (Lipinski definition) is 2. The van der Waals surface area contributed by atoms with Crippen molar-refractivity contribution in [2.75, 3.05) is 6.54 Å². The Morgan fingerprint density at radius 2 is 1.82 bits per heavy atom. The lowest BCUT2D eigenvalue weighted by atomic mass is 9.96. The Morgan fingerprint density at radius 1 is 1.06 bits per heavy atom. The maximum atomic E-state index is 11.6. The summed E-state index contributed by atoms with van der Waals surface area (Å²) in [6, 6.07) is 21.5. The van der Waals surface area contributed by atoms with Crippen LogP contribution in [-0.2, 0) is 11.3 Å². The van der Waals surface area contributed by atoms with Crippen LogP contribution in [0.4, 0.5) is 0 Å². The summed E-state index contributed by atoms with van der Waals surface area (Å²) in [6.45, 7) is 3.21. The van der Waals surface area contributed by atoms with Gasteiger partial charge >= 0.3 is 5.97 Å². The summed E-state index contributed by atoms with van der Waals surface area (Å²) >= 11 is 6.57. The highest BCUT2D eigenvalue weighted by molar-refractivity contribution is 6.32. The molecule has 1 heterocycles. The molecule has 1 aliphatic rings. The van der Waals surface area contributed by atoms with E-state index >= 15 is 0 Å². The summed E-state index contributed by atoms with van der Waals surface area (Å²) < 4.78 is 0. The van der Waals surface area contributed by atoms with Gasteiger partial charge in [-0.3, -0.25) is 9.69 Å². The molecular formula is C28H28ClNO3. The van der Waals surface area contributed by atoms with Crippen LogP contribution in [0.2, 0.25) is 5.02 Å². The van der Waals surface area contributed by atoms with Crippen molar-refractivity contribution in [2.24, 2.45) is 0 Å². The molecule has 33 heavy (non-hydrogen) atoms. The Bertz CT molecular complexity index is 1160. The van der Waals surface area contributed by atoms with Crippen LogP contribution in [0.3, 0.4) is 0 Å². The maximum Gasteiger partial charge on any atom is 0.323 e. The molecule has 0 aromatic heterocycles. The second kappa shape index (κ2) is 10.3. The van der Waals surface area contributed by atoms with Crippen molar-refractivity contribution in [3.05, 3.63) is 94.0 Å². The van der Waals surface area contributed by atoms with Gasteiger partial charge < -0.3 is 10.2 Å². The molecule has 2 unspecified atom stereocenters. The number of carbonyl (C=O) groups is 1. The van der Waals surface area contributed by atoms with Gasteiger partial charge in [0.2, 0.25) is 0 Å². The van der Waals surface area contributed by atoms with E-state index in [1.807, 2.05) is 47.4 Å². The van der Waals surface area contributed by atoms with E-state index in [1.165, 1.54) is 16.7 Å². The van der Waals surface area contributed by atoms with E-state index in [1.54, 1.807) is 0 Å². The molecule has 4 nitrogen and oxygen atoms in total. The number of hydrogen-bond acceptors (Lipinski definition) is 3. The molecule has 4 rings (SSSR count). The molecule has 170 valence electrons. The number of halogens is 1. The molecule has 0 radical (unpaired) electrons. The van der Waals surface area contributed by atoms with E-state index in [0.717, 1.165) is 23.1 Å². The van der Waals surface area contributed by atoms with Crippen molar-refractivity contribution in [1.82, 2.24) is 4.90 Å². The number of aliphatic carboxylic acids is 1. The average molecular weight is 462 g/mol. The zero-order chi connectivity index (χ0) is 23.4. The maximum absolute atomic E-state index is 11.6. The molecule has 0 saturated carbocycles. The molecule has 1 aliphatic heterocycles. The third kappa shape index (κ3) is 5.36. The summed E-state index contributed by atoms with van der Waals surface area (Å²) in [5.41, 5.74) is 6.56. The summed E-state index contributed by atoms with van der Waals surface area (Å²) in [7, 11) is 0. The topological polar surface area (TPSA) is 60.8 Å². The molecule has 2 N–H and O–H groups in total. The predicted molar refractivity (Wildman–Crippen MR) is 134 cm³/mol. The zero-order valence-electron chi connectivity index (χ0n) is 18.6. The van der Waals surface area contributed by atoms with Crippen LogP contribution in [0.25, 0.3) is 23.3 Å². The molecule has 3 aromatic carbocycles. The number of carboxylic acid groups (broad SMARTS) is 1. The number of benzene rings is 3. The Balaban J connectivity index is 1.52. The average Bonchev–Trinajstić information content (AvgIpc) is 2.80. The van der Waals surface area contributed by atoms with E-state index in [0.29, 0.717) is 24.5 Å². The molecule has 5 heteroatoms. The zero-order valence-corrected chi connectivity index (χ0v) is 19.4. The van der Waals surface area contributed by atoms with E-state index in [2.05, 4.69) is 43.3 Å². The fourth-order valence-electron chi connectivity index (χ4n) is 4.52. The standard InChI is InChI=1S/C28H28ClNO3/c1-19-21(9-5-10-24(19)22-7-3-2-4-8-22)14-15-23-13-12-20(17-25(23)29)18-30-16-6-11-26(31)27(30)28(32)33/h2-5,7-10,12-15,17,26-27,31H,6,11,16,18H2,1H3,(H,32,33)/b15-14+. The van der Waals surface area contributed by atoms with Crippen LogP contribution in [0.5, 0.6) is 0 Å². The molecule has 1 fully saturated rings. The highest BCUT2D eigenvalue weighted by atomic mass is 35.5. The van der Waals surface area contributed by atoms with Gasteiger partial charge in [-0.2, -0.15) is 0 Å². The molecule has 0 aliphatic carbocycles. The number of piperidine rings is 1. The minimum atomic E-state index is -0.985. The molecule has 3 aromatic rings. The van der Waals surface area contributed by atoms with Crippen LogP contribution in [-0.4, -0.2) is 39.8 Å². The molecular weight excluding hydrogens is 434 g/mol. The Kier molecular flexibility index (Phi) is 7.29. The van der Waals surface area contributed by atoms with Crippen LogP contribution in [0.1, 0.15) is 35.1 Å². The van der Waals surface area contributed by atoms with Gasteiger partial charge in [-0.1, -0.05) is 84.4 Å². The van der Waals surface area contributed by atoms with Crippen molar-refractivity contribution in [2.45, 2.75) is 38.5 Å². The van der Waals surface area contributed by atoms with Gasteiger partial charge in [0.1, 0.15) is 6.04 Å². The first-order chi connectivity index (χ1) is 15.9. The summed E-state index contributed by atoms with van der Waals surface area (Å²) in [6.07, 6.45) is 4.53. The number of aliphatic hydroxyl groups excluding tert-OH is 1. The van der Waals surface area contributed by atoms with Gasteiger partial charge in [-0.15, -0.1) is 0 Å². The van der Waals surface area contributed by atoms with Gasteiger partial charge in [0, 0.05) is 11.6 Å². The lowest BCUT2D eigenvalue weighted by Crippen LogP contribution is -2.52. The van der Waals surface area contributed by atoms with Crippen molar-refractivity contribution < 1.29 is 15.0 Å². The summed E-state index contributed by atoms with van der Waals surface area (Å²) in [5, 5.41) is 20.2. The summed E-state index contributed by atoms with van der Waals surface area (Å²) in [5.74, 6) is -0.985. The van der Waals surface area contributed by atoms with E-state index < -0.39 is 18.1 Å². The fraction of sp³-hybridized carbons (Fsp3) is 0.250. The smallest absolute Gasteiger partial charge is 0.323 e. The van der Waals surface area contributed by atoms with Crippen LogP contribution < -0.4 is 0 Å². The molecule has 0 spiro atoms. The quantitative estimate of drug-likeness (QED) is 0.449. The highest BCUT2D eigenvalue weighted by Crippen LogP contribution is 2.28. The number of likely N-dealkylation sites (tertiary alicyclic amines) is 1. The first-order valence-corrected chi connectivity index (χ1v) is 11.6. The van der Waals surface area contributed by atoms with E-state index in [4.69, 9.17) is 11.6 Å². The van der Waals surface area contributed by atoms with Gasteiger partial charge in [0.05, 0.1) is 6.10 Å². The third-order valence-electron chi connectivity index (χ3n) is 6.31. The van der Waals surface area contributed by atoms with Crippen molar-refractivity contribution >= 4 is 29.7 Å². The number of rotatable bonds is 6. The second-order valence-corrected chi connectivity index (χ2v) is 8.95. The minimum Gasteiger partial charge on any atom is -0.480 e. The van der Waals surface area contributed by atoms with Crippen molar-refractivity contribution in [3.63, 3.8) is 0 Å². The number of carboxylic acids is 1. The first kappa shape index (κ1) is 23.2. The first-order valence-electron chi connectivity index (χ1n) is 11.2. The van der Waals surface area contributed by atoms with Gasteiger partial charge in [0.15, 0.2) is 0 Å². The fourth-order valence-corrected chi connectivity index (χ4v) is 4.79. The molecule has 1 saturated heterocycles. The predicted octanol–water partition coefficient (Wildman–Crippen LogP) is 5.90. The van der Waals surface area contributed by atoms with Crippen molar-refractivity contribution in [1.29, 1.82) is 0 Å². The normalized spacial score (nSPS) is 19.1. The lowest BCUT2D eigenvalue weighted by molar-refractivity contribution is -0.150. The largest absolute Gasteiger partial charge is 0.480 e. The molecule has 0 bridgehead atoms. The lowest BCUT2D eigenvalue weighted by Gasteiger charge is -2.36. The minimum absolute atomic E-state index is 0.440. The third-order valence-corrected chi connectivity index (χ3v) is 6.64. The van der Waals surface area contributed by atoms with E-state index in [9.17, 15) is 15.0 Å². The Labute approximate surface area is 199 Å². The molecule has 2 atom stereocenters. The number of aliphatic hydroxyl groups is 1.